The Balaban J connectivity index is 2.59. The second-order valence-electron chi connectivity index (χ2n) is 3.79. The Kier molecular flexibility index (Phi) is 2.40. The van der Waals surface area contributed by atoms with Crippen LogP contribution in [0, 0.1) is 0 Å². The Morgan fingerprint density at radius 3 is 2.75 bits per heavy atom. The summed E-state index contributed by atoms with van der Waals surface area (Å²) in [4.78, 5) is 16.7. The minimum Gasteiger partial charge on any atom is -0.370 e. The average molecular weight is 233 g/mol. The van der Waals surface area contributed by atoms with E-state index in [0.717, 1.165) is 0 Å². The predicted molar refractivity (Wildman–Crippen MR) is 51.4 cm³/mol. The second-order valence-corrected chi connectivity index (χ2v) is 3.79. The number of nitrogens with zero attached hydrogens (tertiary/aromatic N) is 1. The molecule has 1 aliphatic heterocycles. The lowest BCUT2D eigenvalue weighted by Crippen LogP contribution is -2.29. The number of hydrogen-bond acceptors (Lipinski definition) is 3. The first-order valence-electron chi connectivity index (χ1n) is 4.85. The molecule has 0 spiro atoms. The van der Waals surface area contributed by atoms with Crippen LogP contribution in [0.4, 0.5) is 19.0 Å². The van der Waals surface area contributed by atoms with E-state index in [4.69, 9.17) is 0 Å². The van der Waals surface area contributed by atoms with Crippen molar-refractivity contribution in [3.8, 4) is 0 Å². The minimum atomic E-state index is -4.63. The number of rotatable bonds is 0. The highest BCUT2D eigenvalue weighted by Crippen LogP contribution is 2.30. The zero-order valence-corrected chi connectivity index (χ0v) is 8.48. The van der Waals surface area contributed by atoms with Gasteiger partial charge >= 0.3 is 6.18 Å². The maximum absolute atomic E-state index is 12.4. The van der Waals surface area contributed by atoms with Gasteiger partial charge in [0, 0.05) is 6.54 Å². The van der Waals surface area contributed by atoms with Gasteiger partial charge in [-0.25, -0.2) is 4.98 Å². The summed E-state index contributed by atoms with van der Waals surface area (Å²) in [7, 11) is 0. The highest BCUT2D eigenvalue weighted by atomic mass is 19.4. The van der Waals surface area contributed by atoms with Crippen LogP contribution in [0.1, 0.15) is 30.7 Å². The van der Waals surface area contributed by atoms with Gasteiger partial charge in [-0.05, 0) is 12.3 Å². The lowest BCUT2D eigenvalue weighted by Gasteiger charge is -2.22. The van der Waals surface area contributed by atoms with Crippen LogP contribution < -0.4 is 10.9 Å². The molecule has 0 saturated heterocycles. The molecule has 4 nitrogen and oxygen atoms in total. The first-order chi connectivity index (χ1) is 7.39. The van der Waals surface area contributed by atoms with Crippen LogP contribution in [0.2, 0.25) is 0 Å². The Hall–Kier alpha value is -1.53. The van der Waals surface area contributed by atoms with Gasteiger partial charge in [0.2, 0.25) is 5.82 Å². The molecule has 2 N–H and O–H groups in total. The Labute approximate surface area is 88.9 Å². The number of aromatic amines is 1. The monoisotopic (exact) mass is 233 g/mol. The van der Waals surface area contributed by atoms with E-state index in [2.05, 4.69) is 10.3 Å². The van der Waals surface area contributed by atoms with Crippen molar-refractivity contribution in [2.24, 2.45) is 0 Å². The van der Waals surface area contributed by atoms with Crippen molar-refractivity contribution < 1.29 is 13.2 Å². The van der Waals surface area contributed by atoms with Gasteiger partial charge in [-0.2, -0.15) is 13.2 Å². The predicted octanol–water partition coefficient (Wildman–Crippen LogP) is 1.71. The summed E-state index contributed by atoms with van der Waals surface area (Å²) in [5.41, 5.74) is -0.406. The fraction of sp³-hybridized carbons (Fsp3) is 0.556. The minimum absolute atomic E-state index is 0.0508. The van der Waals surface area contributed by atoms with Crippen LogP contribution in [0.15, 0.2) is 4.79 Å². The first kappa shape index (κ1) is 11.0. The normalized spacial score (nSPS) is 20.1. The lowest BCUT2D eigenvalue weighted by molar-refractivity contribution is -0.145. The summed E-state index contributed by atoms with van der Waals surface area (Å²) in [5, 5.41) is 2.72. The van der Waals surface area contributed by atoms with Gasteiger partial charge in [-0.15, -0.1) is 0 Å². The third kappa shape index (κ3) is 1.77. The van der Waals surface area contributed by atoms with E-state index in [1.807, 2.05) is 0 Å². The molecule has 0 radical (unpaired) electrons. The maximum atomic E-state index is 12.4. The molecule has 0 fully saturated rings. The van der Waals surface area contributed by atoms with E-state index in [9.17, 15) is 18.0 Å². The molecule has 1 aromatic rings. The third-order valence-corrected chi connectivity index (χ3v) is 2.59. The number of alkyl halides is 3. The van der Waals surface area contributed by atoms with E-state index in [0.29, 0.717) is 18.5 Å². The van der Waals surface area contributed by atoms with E-state index in [-0.39, 0.29) is 11.7 Å². The molecule has 0 amide bonds. The van der Waals surface area contributed by atoms with Crippen LogP contribution in [0.5, 0.6) is 0 Å². The van der Waals surface area contributed by atoms with E-state index < -0.39 is 17.6 Å². The van der Waals surface area contributed by atoms with E-state index in [1.165, 1.54) is 0 Å². The molecule has 16 heavy (non-hydrogen) atoms. The van der Waals surface area contributed by atoms with Crippen LogP contribution in [0.3, 0.4) is 0 Å². The van der Waals surface area contributed by atoms with Crippen molar-refractivity contribution in [3.05, 3.63) is 21.7 Å². The molecule has 1 aromatic heterocycles. The summed E-state index contributed by atoms with van der Waals surface area (Å²) in [5.74, 6) is -1.28. The van der Waals surface area contributed by atoms with Crippen molar-refractivity contribution in [2.45, 2.75) is 25.4 Å². The van der Waals surface area contributed by atoms with Gasteiger partial charge in [-0.3, -0.25) is 4.79 Å². The molecular weight excluding hydrogens is 223 g/mol. The SMILES string of the molecule is CC1CCNc2nc(C(F)(F)F)[nH]c(=O)c21. The number of H-pyrrole nitrogens is 1. The first-order valence-corrected chi connectivity index (χ1v) is 4.85. The van der Waals surface area contributed by atoms with Crippen molar-refractivity contribution in [3.63, 3.8) is 0 Å². The average Bonchev–Trinajstić information content (AvgIpc) is 2.15. The van der Waals surface area contributed by atoms with Gasteiger partial charge in [0.05, 0.1) is 5.56 Å². The maximum Gasteiger partial charge on any atom is 0.449 e. The number of hydrogen-bond donors (Lipinski definition) is 2. The van der Waals surface area contributed by atoms with Crippen molar-refractivity contribution in [1.29, 1.82) is 0 Å². The van der Waals surface area contributed by atoms with Gasteiger partial charge < -0.3 is 10.3 Å². The zero-order valence-electron chi connectivity index (χ0n) is 8.48. The molecule has 2 heterocycles. The Morgan fingerprint density at radius 2 is 2.12 bits per heavy atom. The van der Waals surface area contributed by atoms with Gasteiger partial charge in [-0.1, -0.05) is 6.92 Å². The van der Waals surface area contributed by atoms with Gasteiger partial charge in [0.25, 0.3) is 5.56 Å². The highest BCUT2D eigenvalue weighted by Gasteiger charge is 2.36. The smallest absolute Gasteiger partial charge is 0.370 e. The van der Waals surface area contributed by atoms with Crippen LogP contribution >= 0.6 is 0 Å². The van der Waals surface area contributed by atoms with E-state index >= 15 is 0 Å². The summed E-state index contributed by atoms with van der Waals surface area (Å²) >= 11 is 0. The van der Waals surface area contributed by atoms with Crippen LogP contribution in [-0.2, 0) is 6.18 Å². The van der Waals surface area contributed by atoms with Crippen molar-refractivity contribution in [2.75, 3.05) is 11.9 Å². The molecule has 1 atom stereocenters. The summed E-state index contributed by atoms with van der Waals surface area (Å²) < 4.78 is 37.1. The summed E-state index contributed by atoms with van der Waals surface area (Å²) in [6.45, 7) is 2.33. The van der Waals surface area contributed by atoms with Crippen molar-refractivity contribution >= 4 is 5.82 Å². The highest BCUT2D eigenvalue weighted by molar-refractivity contribution is 5.47. The van der Waals surface area contributed by atoms with Gasteiger partial charge in [0.15, 0.2) is 0 Å². The number of fused-ring (bicyclic) bond motifs is 1. The molecule has 0 saturated carbocycles. The zero-order chi connectivity index (χ0) is 11.9. The quantitative estimate of drug-likeness (QED) is 0.717. The molecule has 2 rings (SSSR count). The van der Waals surface area contributed by atoms with Crippen LogP contribution in [-0.4, -0.2) is 16.5 Å². The number of anilines is 1. The molecule has 1 unspecified atom stereocenters. The summed E-state index contributed by atoms with van der Waals surface area (Å²) in [6, 6.07) is 0. The molecule has 88 valence electrons. The lowest BCUT2D eigenvalue weighted by atomic mass is 9.96. The fourth-order valence-corrected chi connectivity index (χ4v) is 1.76. The van der Waals surface area contributed by atoms with Crippen LogP contribution in [0.25, 0.3) is 0 Å². The topological polar surface area (TPSA) is 57.8 Å². The van der Waals surface area contributed by atoms with Crippen molar-refractivity contribution in [1.82, 2.24) is 9.97 Å². The molecule has 7 heteroatoms. The number of aromatic nitrogens is 2. The number of halogens is 3. The molecule has 1 aliphatic rings. The molecule has 0 bridgehead atoms. The molecular formula is C9H10F3N3O. The summed E-state index contributed by atoms with van der Waals surface area (Å²) in [6.07, 6.45) is -3.92. The third-order valence-electron chi connectivity index (χ3n) is 2.59. The largest absolute Gasteiger partial charge is 0.449 e. The van der Waals surface area contributed by atoms with Gasteiger partial charge in [0.1, 0.15) is 5.82 Å². The van der Waals surface area contributed by atoms with E-state index in [1.54, 1.807) is 11.9 Å². The second kappa shape index (κ2) is 3.50. The molecule has 0 aromatic carbocycles. The Bertz CT molecular complexity index is 466. The number of nitrogens with one attached hydrogen (secondary N) is 2. The molecule has 0 aliphatic carbocycles. The Morgan fingerprint density at radius 1 is 1.44 bits per heavy atom. The standard InChI is InChI=1S/C9H10F3N3O/c1-4-2-3-13-6-5(4)7(16)15-8(14-6)9(10,11)12/h4H,2-3H2,1H3,(H2,13,14,15,16). The fourth-order valence-electron chi connectivity index (χ4n) is 1.76.